The van der Waals surface area contributed by atoms with Crippen molar-refractivity contribution in [1.82, 2.24) is 0 Å². The molecule has 2 atom stereocenters. The average Bonchev–Trinajstić information content (AvgIpc) is 3.08. The van der Waals surface area contributed by atoms with E-state index in [2.05, 4.69) is 25.8 Å². The molecule has 0 amide bonds. The maximum Gasteiger partial charge on any atom is 0.216 e. The van der Waals surface area contributed by atoms with Crippen molar-refractivity contribution in [3.8, 4) is 0 Å². The third kappa shape index (κ3) is 4.93. The normalized spacial score (nSPS) is 18.4. The van der Waals surface area contributed by atoms with Crippen LogP contribution in [0.15, 0.2) is 29.3 Å². The number of benzene rings is 1. The lowest BCUT2D eigenvalue weighted by Crippen LogP contribution is -2.13. The van der Waals surface area contributed by atoms with Gasteiger partial charge in [0.2, 0.25) is 5.90 Å². The van der Waals surface area contributed by atoms with Crippen LogP contribution in [0.25, 0.3) is 0 Å². The third-order valence-corrected chi connectivity index (χ3v) is 4.80. The van der Waals surface area contributed by atoms with Crippen molar-refractivity contribution in [2.75, 3.05) is 6.61 Å². The van der Waals surface area contributed by atoms with Gasteiger partial charge < -0.3 is 4.74 Å². The number of carbonyl (C=O) groups is 1. The number of aliphatic imine (C=N–C) groups is 1. The van der Waals surface area contributed by atoms with Crippen molar-refractivity contribution < 1.29 is 9.53 Å². The molecule has 1 aliphatic rings. The molecule has 1 aromatic carbocycles. The van der Waals surface area contributed by atoms with Crippen LogP contribution in [0.5, 0.6) is 0 Å². The Labute approximate surface area is 146 Å². The van der Waals surface area contributed by atoms with Gasteiger partial charge in [-0.15, -0.1) is 0 Å². The molecule has 0 saturated carbocycles. The molecule has 0 bridgehead atoms. The van der Waals surface area contributed by atoms with Crippen molar-refractivity contribution in [2.24, 2.45) is 16.8 Å². The van der Waals surface area contributed by atoms with Gasteiger partial charge >= 0.3 is 0 Å². The summed E-state index contributed by atoms with van der Waals surface area (Å²) in [7, 11) is 0. The largest absolute Gasteiger partial charge is 0.475 e. The number of ketones is 1. The molecular formula is C21H31NO2. The van der Waals surface area contributed by atoms with Gasteiger partial charge in [-0.25, -0.2) is 4.99 Å². The van der Waals surface area contributed by atoms with Gasteiger partial charge in [-0.2, -0.15) is 0 Å². The van der Waals surface area contributed by atoms with Crippen LogP contribution < -0.4 is 0 Å². The van der Waals surface area contributed by atoms with Gasteiger partial charge in [-0.1, -0.05) is 65.5 Å². The Kier molecular flexibility index (Phi) is 7.01. The average molecular weight is 329 g/mol. The maximum absolute atomic E-state index is 12.5. The molecule has 0 unspecified atom stereocenters. The molecular weight excluding hydrogens is 298 g/mol. The van der Waals surface area contributed by atoms with Crippen LogP contribution in [0.3, 0.4) is 0 Å². The first-order valence-electron chi connectivity index (χ1n) is 9.38. The van der Waals surface area contributed by atoms with E-state index in [1.54, 1.807) is 0 Å². The minimum Gasteiger partial charge on any atom is -0.475 e. The zero-order chi connectivity index (χ0) is 17.5. The summed E-state index contributed by atoms with van der Waals surface area (Å²) >= 11 is 0. The smallest absolute Gasteiger partial charge is 0.216 e. The van der Waals surface area contributed by atoms with Crippen molar-refractivity contribution >= 4 is 11.7 Å². The monoisotopic (exact) mass is 329 g/mol. The van der Waals surface area contributed by atoms with E-state index in [4.69, 9.17) is 4.74 Å². The standard InChI is InChI=1S/C21H31NO2/c1-5-6-7-8-9-16(4)20(23)17-10-12-18(13-11-17)21-22-19(14-24-21)15(2)3/h10-13,15-16,19H,5-9,14H2,1-4H3/t16-,19+/m0/s1. The topological polar surface area (TPSA) is 38.7 Å². The van der Waals surface area contributed by atoms with E-state index in [9.17, 15) is 4.79 Å². The van der Waals surface area contributed by atoms with E-state index >= 15 is 0 Å². The minimum absolute atomic E-state index is 0.0955. The van der Waals surface area contributed by atoms with Crippen LogP contribution in [0, 0.1) is 11.8 Å². The second kappa shape index (κ2) is 9.00. The van der Waals surface area contributed by atoms with Crippen LogP contribution >= 0.6 is 0 Å². The second-order valence-electron chi connectivity index (χ2n) is 7.25. The van der Waals surface area contributed by atoms with Crippen LogP contribution in [-0.2, 0) is 4.74 Å². The summed E-state index contributed by atoms with van der Waals surface area (Å²) < 4.78 is 5.70. The number of carbonyl (C=O) groups excluding carboxylic acids is 1. The number of Topliss-reactive ketones (excluding diaryl/α,β-unsaturated/α-hetero) is 1. The van der Waals surface area contributed by atoms with E-state index in [0.29, 0.717) is 18.4 Å². The van der Waals surface area contributed by atoms with Gasteiger partial charge in [0.25, 0.3) is 0 Å². The molecule has 2 rings (SSSR count). The first-order valence-corrected chi connectivity index (χ1v) is 9.38. The summed E-state index contributed by atoms with van der Waals surface area (Å²) in [5, 5.41) is 0. The number of nitrogens with zero attached hydrogens (tertiary/aromatic N) is 1. The second-order valence-corrected chi connectivity index (χ2v) is 7.25. The summed E-state index contributed by atoms with van der Waals surface area (Å²) in [6, 6.07) is 7.98. The van der Waals surface area contributed by atoms with Crippen LogP contribution in [0.1, 0.15) is 75.7 Å². The fourth-order valence-corrected chi connectivity index (χ4v) is 2.96. The predicted molar refractivity (Wildman–Crippen MR) is 99.8 cm³/mol. The van der Waals surface area contributed by atoms with Gasteiger partial charge in [0.05, 0.1) is 6.04 Å². The molecule has 132 valence electrons. The summed E-state index contributed by atoms with van der Waals surface area (Å²) in [5.41, 5.74) is 1.76. The Morgan fingerprint density at radius 1 is 1.17 bits per heavy atom. The van der Waals surface area contributed by atoms with Gasteiger partial charge in [-0.05, 0) is 24.5 Å². The summed E-state index contributed by atoms with van der Waals surface area (Å²) in [4.78, 5) is 17.2. The van der Waals surface area contributed by atoms with Crippen molar-refractivity contribution in [1.29, 1.82) is 0 Å². The number of hydrogen-bond donors (Lipinski definition) is 0. The molecule has 0 fully saturated rings. The summed E-state index contributed by atoms with van der Waals surface area (Å²) in [5.74, 6) is 1.53. The first kappa shape index (κ1) is 18.7. The predicted octanol–water partition coefficient (Wildman–Crippen LogP) is 5.28. The molecule has 3 nitrogen and oxygen atoms in total. The van der Waals surface area contributed by atoms with E-state index in [1.165, 1.54) is 19.3 Å². The molecule has 0 aliphatic carbocycles. The van der Waals surface area contributed by atoms with Gasteiger partial charge in [0, 0.05) is 17.0 Å². The quantitative estimate of drug-likeness (QED) is 0.457. The summed E-state index contributed by atoms with van der Waals surface area (Å²) in [6.45, 7) is 9.22. The molecule has 0 saturated heterocycles. The highest BCUT2D eigenvalue weighted by Crippen LogP contribution is 2.20. The number of hydrogen-bond acceptors (Lipinski definition) is 3. The Hall–Kier alpha value is -1.64. The highest BCUT2D eigenvalue weighted by atomic mass is 16.5. The van der Waals surface area contributed by atoms with Gasteiger partial charge in [0.15, 0.2) is 5.78 Å². The lowest BCUT2D eigenvalue weighted by Gasteiger charge is -2.11. The molecule has 1 heterocycles. The molecule has 0 radical (unpaired) electrons. The highest BCUT2D eigenvalue weighted by molar-refractivity contribution is 6.00. The van der Waals surface area contributed by atoms with E-state index in [0.717, 1.165) is 24.0 Å². The number of rotatable bonds is 9. The van der Waals surface area contributed by atoms with Crippen molar-refractivity contribution in [2.45, 2.75) is 65.8 Å². The molecule has 0 N–H and O–H groups in total. The SMILES string of the molecule is CCCCCC[C@H](C)C(=O)c1ccc(C2=N[C@@H](C(C)C)CO2)cc1. The lowest BCUT2D eigenvalue weighted by molar-refractivity contribution is 0.0922. The van der Waals surface area contributed by atoms with Crippen LogP contribution in [0.2, 0.25) is 0 Å². The highest BCUT2D eigenvalue weighted by Gasteiger charge is 2.23. The van der Waals surface area contributed by atoms with Crippen LogP contribution in [0.4, 0.5) is 0 Å². The Morgan fingerprint density at radius 2 is 1.88 bits per heavy atom. The van der Waals surface area contributed by atoms with E-state index in [-0.39, 0.29) is 17.7 Å². The lowest BCUT2D eigenvalue weighted by atomic mass is 9.93. The van der Waals surface area contributed by atoms with Crippen molar-refractivity contribution in [3.63, 3.8) is 0 Å². The fourth-order valence-electron chi connectivity index (χ4n) is 2.96. The molecule has 0 aromatic heterocycles. The zero-order valence-electron chi connectivity index (χ0n) is 15.5. The first-order chi connectivity index (χ1) is 11.5. The molecule has 24 heavy (non-hydrogen) atoms. The van der Waals surface area contributed by atoms with E-state index < -0.39 is 0 Å². The van der Waals surface area contributed by atoms with Crippen molar-refractivity contribution in [3.05, 3.63) is 35.4 Å². The fraction of sp³-hybridized carbons (Fsp3) is 0.619. The minimum atomic E-state index is 0.0955. The summed E-state index contributed by atoms with van der Waals surface area (Å²) in [6.07, 6.45) is 5.83. The van der Waals surface area contributed by atoms with Crippen LogP contribution in [-0.4, -0.2) is 24.3 Å². The molecule has 3 heteroatoms. The number of ether oxygens (including phenoxy) is 1. The maximum atomic E-state index is 12.5. The Bertz CT molecular complexity index is 560. The molecule has 1 aliphatic heterocycles. The Balaban J connectivity index is 1.94. The number of unbranched alkanes of at least 4 members (excludes halogenated alkanes) is 3. The van der Waals surface area contributed by atoms with Gasteiger partial charge in [0.1, 0.15) is 6.61 Å². The Morgan fingerprint density at radius 3 is 2.46 bits per heavy atom. The zero-order valence-corrected chi connectivity index (χ0v) is 15.5. The molecule has 0 spiro atoms. The molecule has 1 aromatic rings. The third-order valence-electron chi connectivity index (χ3n) is 4.80. The van der Waals surface area contributed by atoms with E-state index in [1.807, 2.05) is 31.2 Å². The van der Waals surface area contributed by atoms with Gasteiger partial charge in [-0.3, -0.25) is 4.79 Å².